The summed E-state index contributed by atoms with van der Waals surface area (Å²) in [5.74, 6) is 1.86. The Balaban J connectivity index is 2.04. The van der Waals surface area contributed by atoms with Crippen LogP contribution in [0.5, 0.6) is 5.88 Å². The van der Waals surface area contributed by atoms with Gasteiger partial charge in [0.05, 0.1) is 6.10 Å². The van der Waals surface area contributed by atoms with Crippen molar-refractivity contribution in [2.45, 2.75) is 65.0 Å². The van der Waals surface area contributed by atoms with Crippen LogP contribution < -0.4 is 15.8 Å². The minimum absolute atomic E-state index is 0.0517. The van der Waals surface area contributed by atoms with E-state index in [1.54, 1.807) is 0 Å². The van der Waals surface area contributed by atoms with Gasteiger partial charge in [0, 0.05) is 6.04 Å². The highest BCUT2D eigenvalue weighted by Gasteiger charge is 2.21. The normalized spacial score (nSPS) is 18.0. The molecule has 2 rings (SSSR count). The molecule has 0 saturated heterocycles. The smallest absolute Gasteiger partial charge is 0.242 e. The molecular weight excluding hydrogens is 252 g/mol. The molecule has 0 radical (unpaired) electrons. The van der Waals surface area contributed by atoms with Crippen LogP contribution in [0.3, 0.4) is 0 Å². The van der Waals surface area contributed by atoms with E-state index in [0.29, 0.717) is 29.3 Å². The number of nitrogen functional groups attached to an aromatic ring is 1. The average molecular weight is 278 g/mol. The topological polar surface area (TPSA) is 73.1 Å². The number of rotatable bonds is 5. The van der Waals surface area contributed by atoms with Gasteiger partial charge in [0.15, 0.2) is 5.82 Å². The Kier molecular flexibility index (Phi) is 5.04. The van der Waals surface area contributed by atoms with Crippen LogP contribution in [0.2, 0.25) is 0 Å². The summed E-state index contributed by atoms with van der Waals surface area (Å²) in [6, 6.07) is 0.374. The summed E-state index contributed by atoms with van der Waals surface area (Å²) in [6.45, 7) is 6.12. The fourth-order valence-electron chi connectivity index (χ4n) is 2.78. The number of nitrogens with zero attached hydrogens (tertiary/aromatic N) is 2. The summed E-state index contributed by atoms with van der Waals surface area (Å²) in [5.41, 5.74) is 6.60. The van der Waals surface area contributed by atoms with Gasteiger partial charge in [-0.25, -0.2) is 4.98 Å². The van der Waals surface area contributed by atoms with Crippen LogP contribution in [0.15, 0.2) is 6.33 Å². The zero-order chi connectivity index (χ0) is 14.5. The van der Waals surface area contributed by atoms with Gasteiger partial charge in [-0.3, -0.25) is 0 Å². The van der Waals surface area contributed by atoms with Crippen LogP contribution in [0.4, 0.5) is 11.5 Å². The minimum Gasteiger partial charge on any atom is -0.473 e. The van der Waals surface area contributed by atoms with Gasteiger partial charge >= 0.3 is 0 Å². The number of anilines is 2. The van der Waals surface area contributed by atoms with Crippen molar-refractivity contribution in [1.82, 2.24) is 9.97 Å². The van der Waals surface area contributed by atoms with E-state index in [2.05, 4.69) is 22.2 Å². The highest BCUT2D eigenvalue weighted by molar-refractivity contribution is 5.66. The van der Waals surface area contributed by atoms with E-state index in [1.807, 2.05) is 13.8 Å². The Morgan fingerprint density at radius 2 is 1.90 bits per heavy atom. The number of hydrogen-bond acceptors (Lipinski definition) is 5. The molecule has 5 heteroatoms. The zero-order valence-corrected chi connectivity index (χ0v) is 12.7. The molecule has 1 atom stereocenters. The summed E-state index contributed by atoms with van der Waals surface area (Å²) in [6.07, 6.45) is 8.16. The van der Waals surface area contributed by atoms with Gasteiger partial charge in [0.25, 0.3) is 0 Å². The van der Waals surface area contributed by atoms with E-state index in [9.17, 15) is 0 Å². The molecule has 1 heterocycles. The third-order valence-corrected chi connectivity index (χ3v) is 3.92. The number of hydrogen-bond donors (Lipinski definition) is 2. The van der Waals surface area contributed by atoms with Crippen LogP contribution in [0.1, 0.15) is 52.9 Å². The van der Waals surface area contributed by atoms with Crippen LogP contribution in [-0.4, -0.2) is 22.1 Å². The fraction of sp³-hybridized carbons (Fsp3) is 0.733. The molecule has 5 nitrogen and oxygen atoms in total. The Morgan fingerprint density at radius 1 is 1.20 bits per heavy atom. The quantitative estimate of drug-likeness (QED) is 0.865. The first-order valence-corrected chi connectivity index (χ1v) is 7.61. The summed E-state index contributed by atoms with van der Waals surface area (Å²) in [5, 5.41) is 3.44. The van der Waals surface area contributed by atoms with E-state index >= 15 is 0 Å². The second kappa shape index (κ2) is 6.77. The molecule has 0 aromatic carbocycles. The Labute approximate surface area is 121 Å². The van der Waals surface area contributed by atoms with Gasteiger partial charge in [-0.2, -0.15) is 4.98 Å². The standard InChI is InChI=1S/C15H26N4O/c1-10(2)20-15-13(16)14(17-9-18-15)19-11(3)12-7-5-4-6-8-12/h9-12H,4-8,16H2,1-3H3,(H,17,18,19). The van der Waals surface area contributed by atoms with Crippen molar-refractivity contribution in [3.8, 4) is 5.88 Å². The van der Waals surface area contributed by atoms with E-state index in [0.717, 1.165) is 0 Å². The zero-order valence-electron chi connectivity index (χ0n) is 12.7. The molecule has 0 spiro atoms. The summed E-state index contributed by atoms with van der Waals surface area (Å²) in [7, 11) is 0. The van der Waals surface area contributed by atoms with Gasteiger partial charge in [-0.1, -0.05) is 19.3 Å². The van der Waals surface area contributed by atoms with Gasteiger partial charge in [0.1, 0.15) is 12.0 Å². The van der Waals surface area contributed by atoms with Gasteiger partial charge in [-0.15, -0.1) is 0 Å². The summed E-state index contributed by atoms with van der Waals surface area (Å²) < 4.78 is 5.60. The van der Waals surface area contributed by atoms with E-state index in [1.165, 1.54) is 38.4 Å². The van der Waals surface area contributed by atoms with E-state index < -0.39 is 0 Å². The first kappa shape index (κ1) is 14.9. The third kappa shape index (κ3) is 3.74. The molecule has 0 bridgehead atoms. The van der Waals surface area contributed by atoms with E-state index in [-0.39, 0.29) is 6.10 Å². The SMILES string of the molecule is CC(C)Oc1ncnc(NC(C)C2CCCCC2)c1N. The van der Waals surface area contributed by atoms with Crippen molar-refractivity contribution < 1.29 is 4.74 Å². The van der Waals surface area contributed by atoms with Crippen molar-refractivity contribution in [2.24, 2.45) is 5.92 Å². The molecular formula is C15H26N4O. The Bertz CT molecular complexity index is 430. The lowest BCUT2D eigenvalue weighted by Gasteiger charge is -2.29. The van der Waals surface area contributed by atoms with Crippen molar-refractivity contribution in [3.63, 3.8) is 0 Å². The summed E-state index contributed by atoms with van der Waals surface area (Å²) >= 11 is 0. The highest BCUT2D eigenvalue weighted by atomic mass is 16.5. The van der Waals surface area contributed by atoms with Crippen molar-refractivity contribution in [2.75, 3.05) is 11.1 Å². The van der Waals surface area contributed by atoms with Crippen molar-refractivity contribution in [3.05, 3.63) is 6.33 Å². The fourth-order valence-corrected chi connectivity index (χ4v) is 2.78. The summed E-state index contributed by atoms with van der Waals surface area (Å²) in [4.78, 5) is 8.35. The van der Waals surface area contributed by atoms with Crippen LogP contribution in [0, 0.1) is 5.92 Å². The monoisotopic (exact) mass is 278 g/mol. The lowest BCUT2D eigenvalue weighted by molar-refractivity contribution is 0.234. The van der Waals surface area contributed by atoms with Crippen molar-refractivity contribution in [1.29, 1.82) is 0 Å². The molecule has 1 unspecified atom stereocenters. The lowest BCUT2D eigenvalue weighted by Crippen LogP contribution is -2.28. The van der Waals surface area contributed by atoms with Crippen LogP contribution in [-0.2, 0) is 0 Å². The molecule has 112 valence electrons. The second-order valence-corrected chi connectivity index (χ2v) is 5.94. The highest BCUT2D eigenvalue weighted by Crippen LogP contribution is 2.30. The molecule has 1 fully saturated rings. The largest absolute Gasteiger partial charge is 0.473 e. The predicted octanol–water partition coefficient (Wildman–Crippen LogP) is 3.23. The molecule has 1 saturated carbocycles. The predicted molar refractivity (Wildman–Crippen MR) is 81.9 cm³/mol. The van der Waals surface area contributed by atoms with Gasteiger partial charge < -0.3 is 15.8 Å². The second-order valence-electron chi connectivity index (χ2n) is 5.94. The third-order valence-electron chi connectivity index (χ3n) is 3.92. The molecule has 1 aliphatic carbocycles. The lowest BCUT2D eigenvalue weighted by atomic mass is 9.84. The van der Waals surface area contributed by atoms with E-state index in [4.69, 9.17) is 10.5 Å². The average Bonchev–Trinajstić information content (AvgIpc) is 2.43. The Morgan fingerprint density at radius 3 is 2.55 bits per heavy atom. The molecule has 3 N–H and O–H groups in total. The number of nitrogens with one attached hydrogen (secondary N) is 1. The Hall–Kier alpha value is -1.52. The number of aromatic nitrogens is 2. The molecule has 1 aromatic heterocycles. The molecule has 20 heavy (non-hydrogen) atoms. The van der Waals surface area contributed by atoms with Gasteiger partial charge in [0.2, 0.25) is 5.88 Å². The van der Waals surface area contributed by atoms with Crippen LogP contribution >= 0.6 is 0 Å². The van der Waals surface area contributed by atoms with Crippen molar-refractivity contribution >= 4 is 11.5 Å². The van der Waals surface area contributed by atoms with Gasteiger partial charge in [-0.05, 0) is 39.5 Å². The molecule has 0 aliphatic heterocycles. The molecule has 1 aromatic rings. The molecule has 0 amide bonds. The maximum absolute atomic E-state index is 6.10. The maximum Gasteiger partial charge on any atom is 0.242 e. The minimum atomic E-state index is 0.0517. The maximum atomic E-state index is 6.10. The first-order valence-electron chi connectivity index (χ1n) is 7.61. The first-order chi connectivity index (χ1) is 9.58. The molecule has 1 aliphatic rings. The van der Waals surface area contributed by atoms with Crippen LogP contribution in [0.25, 0.3) is 0 Å². The number of nitrogens with two attached hydrogens (primary N) is 1. The number of ether oxygens (including phenoxy) is 1.